The van der Waals surface area contributed by atoms with E-state index < -0.39 is 6.17 Å². The van der Waals surface area contributed by atoms with Crippen LogP contribution in [0.5, 0.6) is 0 Å². The lowest BCUT2D eigenvalue weighted by Gasteiger charge is -2.25. The molecule has 1 rings (SSSR count). The summed E-state index contributed by atoms with van der Waals surface area (Å²) in [5, 5.41) is 5.93. The van der Waals surface area contributed by atoms with E-state index in [0.29, 0.717) is 39.2 Å². The number of hydrogen-bond donors (Lipinski definition) is 0. The van der Waals surface area contributed by atoms with Gasteiger partial charge >= 0.3 is 0 Å². The van der Waals surface area contributed by atoms with Gasteiger partial charge in [-0.15, -0.1) is 6.58 Å². The van der Waals surface area contributed by atoms with Gasteiger partial charge < -0.3 is 9.47 Å². The molecule has 0 fully saturated rings. The zero-order valence-electron chi connectivity index (χ0n) is 10.3. The largest absolute Gasteiger partial charge is 0.382 e. The van der Waals surface area contributed by atoms with Crippen LogP contribution in [-0.4, -0.2) is 56.9 Å². The van der Waals surface area contributed by atoms with Crippen LogP contribution in [0.2, 0.25) is 0 Å². The van der Waals surface area contributed by atoms with Crippen LogP contribution in [0.15, 0.2) is 17.8 Å². The molecule has 17 heavy (non-hydrogen) atoms. The van der Waals surface area contributed by atoms with Crippen molar-refractivity contribution >= 4 is 6.21 Å². The fourth-order valence-electron chi connectivity index (χ4n) is 1.74. The Bertz CT molecular complexity index is 249. The summed E-state index contributed by atoms with van der Waals surface area (Å²) in [5.74, 6) is 0. The van der Waals surface area contributed by atoms with Gasteiger partial charge in [0.2, 0.25) is 0 Å². The lowest BCUT2D eigenvalue weighted by molar-refractivity contribution is 0.0436. The molecular formula is C12H21FN2O2. The molecule has 0 aromatic carbocycles. The number of rotatable bonds is 9. The molecule has 0 aromatic rings. The van der Waals surface area contributed by atoms with Gasteiger partial charge in [-0.3, -0.25) is 5.01 Å². The zero-order chi connectivity index (χ0) is 12.5. The number of methoxy groups -OCH3 is 1. The maximum atomic E-state index is 13.7. The predicted octanol–water partition coefficient (Wildman–Crippen LogP) is 1.62. The van der Waals surface area contributed by atoms with E-state index >= 15 is 0 Å². The molecule has 1 aliphatic heterocycles. The number of alkyl halides is 1. The highest BCUT2D eigenvalue weighted by Gasteiger charge is 2.28. The maximum absolute atomic E-state index is 13.7. The molecule has 1 aliphatic rings. The van der Waals surface area contributed by atoms with E-state index in [0.717, 1.165) is 0 Å². The molecule has 98 valence electrons. The smallest absolute Gasteiger partial charge is 0.126 e. The van der Waals surface area contributed by atoms with Crippen molar-refractivity contribution in [2.75, 3.05) is 33.5 Å². The Hall–Kier alpha value is -0.940. The van der Waals surface area contributed by atoms with Crippen molar-refractivity contribution in [3.8, 4) is 0 Å². The maximum Gasteiger partial charge on any atom is 0.126 e. The molecule has 0 amide bonds. The minimum atomic E-state index is -0.908. The molecule has 4 nitrogen and oxygen atoms in total. The first-order valence-corrected chi connectivity index (χ1v) is 5.90. The van der Waals surface area contributed by atoms with Crippen LogP contribution >= 0.6 is 0 Å². The number of nitrogens with zero attached hydrogens (tertiary/aromatic N) is 2. The summed E-state index contributed by atoms with van der Waals surface area (Å²) in [4.78, 5) is 0. The van der Waals surface area contributed by atoms with Gasteiger partial charge in [-0.25, -0.2) is 4.39 Å². The second-order valence-electron chi connectivity index (χ2n) is 3.91. The van der Waals surface area contributed by atoms with E-state index in [9.17, 15) is 4.39 Å². The zero-order valence-corrected chi connectivity index (χ0v) is 10.3. The summed E-state index contributed by atoms with van der Waals surface area (Å²) in [5.41, 5.74) is 0. The molecule has 1 heterocycles. The van der Waals surface area contributed by atoms with E-state index in [2.05, 4.69) is 11.7 Å². The first kappa shape index (κ1) is 14.1. The highest BCUT2D eigenvalue weighted by Crippen LogP contribution is 2.19. The SMILES string of the molecule is C=CC[C@@H](F)C1CC=NN1CCOCCOC. The van der Waals surface area contributed by atoms with Gasteiger partial charge in [-0.2, -0.15) is 5.10 Å². The van der Waals surface area contributed by atoms with Gasteiger partial charge in [-0.1, -0.05) is 6.08 Å². The van der Waals surface area contributed by atoms with Gasteiger partial charge in [-0.05, 0) is 6.42 Å². The number of halogens is 1. The molecule has 0 aromatic heterocycles. The van der Waals surface area contributed by atoms with E-state index in [1.165, 1.54) is 0 Å². The minimum absolute atomic E-state index is 0.168. The number of hydrazone groups is 1. The number of hydrogen-bond acceptors (Lipinski definition) is 4. The van der Waals surface area contributed by atoms with Gasteiger partial charge in [0, 0.05) is 19.7 Å². The monoisotopic (exact) mass is 244 g/mol. The second kappa shape index (κ2) is 8.20. The Labute approximate surface area is 102 Å². The van der Waals surface area contributed by atoms with Crippen LogP contribution in [0.4, 0.5) is 4.39 Å². The predicted molar refractivity (Wildman–Crippen MR) is 66.0 cm³/mol. The minimum Gasteiger partial charge on any atom is -0.382 e. The average molecular weight is 244 g/mol. The Morgan fingerprint density at radius 1 is 1.59 bits per heavy atom. The normalized spacial score (nSPS) is 20.8. The summed E-state index contributed by atoms with van der Waals surface area (Å²) in [6.07, 6.45) is 3.49. The molecular weight excluding hydrogens is 223 g/mol. The van der Waals surface area contributed by atoms with Crippen molar-refractivity contribution in [1.82, 2.24) is 5.01 Å². The molecule has 0 radical (unpaired) electrons. The van der Waals surface area contributed by atoms with Gasteiger partial charge in [0.25, 0.3) is 0 Å². The van der Waals surface area contributed by atoms with Crippen molar-refractivity contribution in [2.24, 2.45) is 5.10 Å². The molecule has 1 unspecified atom stereocenters. The Kier molecular flexibility index (Phi) is 6.81. The Balaban J connectivity index is 2.21. The molecule has 2 atom stereocenters. The summed E-state index contributed by atoms with van der Waals surface area (Å²) in [6, 6.07) is -0.168. The topological polar surface area (TPSA) is 34.1 Å². The third-order valence-electron chi connectivity index (χ3n) is 2.67. The highest BCUT2D eigenvalue weighted by atomic mass is 19.1. The fourth-order valence-corrected chi connectivity index (χ4v) is 1.74. The second-order valence-corrected chi connectivity index (χ2v) is 3.91. The van der Waals surface area contributed by atoms with Crippen molar-refractivity contribution in [3.05, 3.63) is 12.7 Å². The molecule has 5 heteroatoms. The number of ether oxygens (including phenoxy) is 2. The lowest BCUT2D eigenvalue weighted by Crippen LogP contribution is -2.37. The van der Waals surface area contributed by atoms with Crippen LogP contribution in [0, 0.1) is 0 Å². The fraction of sp³-hybridized carbons (Fsp3) is 0.750. The van der Waals surface area contributed by atoms with Crippen LogP contribution in [0.1, 0.15) is 12.8 Å². The Morgan fingerprint density at radius 2 is 2.41 bits per heavy atom. The molecule has 0 bridgehead atoms. The first-order valence-electron chi connectivity index (χ1n) is 5.90. The first-order chi connectivity index (χ1) is 8.29. The van der Waals surface area contributed by atoms with Gasteiger partial charge in [0.1, 0.15) is 6.17 Å². The van der Waals surface area contributed by atoms with Crippen LogP contribution in [-0.2, 0) is 9.47 Å². The highest BCUT2D eigenvalue weighted by molar-refractivity contribution is 5.60. The lowest BCUT2D eigenvalue weighted by atomic mass is 10.1. The van der Waals surface area contributed by atoms with Gasteiger partial charge in [0.05, 0.1) is 32.4 Å². The Morgan fingerprint density at radius 3 is 3.12 bits per heavy atom. The molecule has 0 N–H and O–H groups in total. The van der Waals surface area contributed by atoms with E-state index in [1.807, 2.05) is 0 Å². The van der Waals surface area contributed by atoms with E-state index in [-0.39, 0.29) is 6.04 Å². The molecule has 0 spiro atoms. The van der Waals surface area contributed by atoms with E-state index in [4.69, 9.17) is 9.47 Å². The third-order valence-corrected chi connectivity index (χ3v) is 2.67. The summed E-state index contributed by atoms with van der Waals surface area (Å²) >= 11 is 0. The van der Waals surface area contributed by atoms with Crippen LogP contribution in [0.3, 0.4) is 0 Å². The van der Waals surface area contributed by atoms with Crippen molar-refractivity contribution < 1.29 is 13.9 Å². The molecule has 0 saturated carbocycles. The standard InChI is InChI=1S/C12H21FN2O2/c1-3-4-11(13)12-5-6-14-15(12)7-8-17-10-9-16-2/h3,6,11-12H,1,4-5,7-10H2,2H3/t11-,12?/m1/s1. The quantitative estimate of drug-likeness (QED) is 0.456. The van der Waals surface area contributed by atoms with E-state index in [1.54, 1.807) is 24.4 Å². The van der Waals surface area contributed by atoms with Crippen molar-refractivity contribution in [1.29, 1.82) is 0 Å². The summed E-state index contributed by atoms with van der Waals surface area (Å²) in [6.45, 7) is 5.85. The average Bonchev–Trinajstić information content (AvgIpc) is 2.77. The van der Waals surface area contributed by atoms with Crippen LogP contribution in [0.25, 0.3) is 0 Å². The molecule has 0 saturated heterocycles. The van der Waals surface area contributed by atoms with Crippen molar-refractivity contribution in [2.45, 2.75) is 25.1 Å². The van der Waals surface area contributed by atoms with Crippen LogP contribution < -0.4 is 0 Å². The third kappa shape index (κ3) is 4.83. The summed E-state index contributed by atoms with van der Waals surface area (Å²) < 4.78 is 23.9. The molecule has 0 aliphatic carbocycles. The summed E-state index contributed by atoms with van der Waals surface area (Å²) in [7, 11) is 1.63. The number of allylic oxidation sites excluding steroid dienone is 1. The van der Waals surface area contributed by atoms with Gasteiger partial charge in [0.15, 0.2) is 0 Å². The van der Waals surface area contributed by atoms with Crippen molar-refractivity contribution in [3.63, 3.8) is 0 Å².